The number of hydrogen-bond donors (Lipinski definition) is 0. The number of aromatic nitrogens is 2. The van der Waals surface area contributed by atoms with Gasteiger partial charge in [0.1, 0.15) is 10.0 Å². The number of ether oxygens (including phenoxy) is 1. The standard InChI is InChI=1S/C19H27N3O3S2/c1-15-12-20-19(17-6-9-25-10-7-17)22(15)14-16-4-2-8-21(13-16)27(23,24)18-5-3-11-26-18/h3,5,11-12,16-17H,2,4,6-10,13-14H2,1H3. The van der Waals surface area contributed by atoms with E-state index in [-0.39, 0.29) is 0 Å². The van der Waals surface area contributed by atoms with Crippen LogP contribution in [0.5, 0.6) is 0 Å². The molecule has 2 aromatic rings. The molecule has 0 aliphatic carbocycles. The van der Waals surface area contributed by atoms with Crippen LogP contribution in [0.15, 0.2) is 27.9 Å². The second-order valence-corrected chi connectivity index (χ2v) is 10.7. The van der Waals surface area contributed by atoms with Gasteiger partial charge in [0.15, 0.2) is 0 Å². The largest absolute Gasteiger partial charge is 0.381 e. The number of piperidine rings is 1. The molecule has 0 radical (unpaired) electrons. The lowest BCUT2D eigenvalue weighted by Crippen LogP contribution is -2.41. The van der Waals surface area contributed by atoms with Crippen molar-refractivity contribution in [3.8, 4) is 0 Å². The van der Waals surface area contributed by atoms with E-state index < -0.39 is 10.0 Å². The topological polar surface area (TPSA) is 64.4 Å². The van der Waals surface area contributed by atoms with E-state index in [2.05, 4.69) is 11.5 Å². The van der Waals surface area contributed by atoms with Gasteiger partial charge in [0.2, 0.25) is 0 Å². The van der Waals surface area contributed by atoms with Gasteiger partial charge >= 0.3 is 0 Å². The molecule has 1 atom stereocenters. The minimum absolute atomic E-state index is 0.319. The van der Waals surface area contributed by atoms with Crippen LogP contribution in [0, 0.1) is 12.8 Å². The minimum atomic E-state index is -3.36. The van der Waals surface area contributed by atoms with Gasteiger partial charge < -0.3 is 9.30 Å². The third kappa shape index (κ3) is 3.99. The van der Waals surface area contributed by atoms with Gasteiger partial charge in [0.05, 0.1) is 0 Å². The lowest BCUT2D eigenvalue weighted by Gasteiger charge is -2.33. The predicted molar refractivity (Wildman–Crippen MR) is 106 cm³/mol. The summed E-state index contributed by atoms with van der Waals surface area (Å²) in [7, 11) is -3.36. The summed E-state index contributed by atoms with van der Waals surface area (Å²) in [5.74, 6) is 1.91. The average molecular weight is 410 g/mol. The Balaban J connectivity index is 1.49. The number of nitrogens with zero attached hydrogens (tertiary/aromatic N) is 3. The van der Waals surface area contributed by atoms with E-state index in [0.29, 0.717) is 29.1 Å². The predicted octanol–water partition coefficient (Wildman–Crippen LogP) is 3.25. The molecule has 0 aromatic carbocycles. The molecule has 0 N–H and O–H groups in total. The van der Waals surface area contributed by atoms with Crippen molar-refractivity contribution >= 4 is 21.4 Å². The molecule has 8 heteroatoms. The van der Waals surface area contributed by atoms with Crippen molar-refractivity contribution in [2.75, 3.05) is 26.3 Å². The van der Waals surface area contributed by atoms with E-state index in [0.717, 1.165) is 57.0 Å². The highest BCUT2D eigenvalue weighted by atomic mass is 32.2. The number of rotatable bonds is 5. The van der Waals surface area contributed by atoms with Gasteiger partial charge in [-0.3, -0.25) is 0 Å². The SMILES string of the molecule is Cc1cnc(C2CCOCC2)n1CC1CCCN(S(=O)(=O)c2cccs2)C1. The van der Waals surface area contributed by atoms with E-state index in [4.69, 9.17) is 9.72 Å². The Morgan fingerprint density at radius 2 is 2.11 bits per heavy atom. The summed E-state index contributed by atoms with van der Waals surface area (Å²) in [4.78, 5) is 4.69. The molecule has 4 rings (SSSR count). The molecule has 2 aliphatic heterocycles. The molecule has 0 spiro atoms. The molecule has 2 fully saturated rings. The third-order valence-corrected chi connectivity index (χ3v) is 8.92. The second kappa shape index (κ2) is 8.03. The first-order valence-corrected chi connectivity index (χ1v) is 12.0. The van der Waals surface area contributed by atoms with Crippen molar-refractivity contribution in [2.24, 2.45) is 5.92 Å². The molecule has 0 amide bonds. The number of thiophene rings is 1. The van der Waals surface area contributed by atoms with Gasteiger partial charge in [-0.25, -0.2) is 13.4 Å². The highest BCUT2D eigenvalue weighted by Gasteiger charge is 2.32. The minimum Gasteiger partial charge on any atom is -0.381 e. The maximum Gasteiger partial charge on any atom is 0.252 e. The van der Waals surface area contributed by atoms with E-state index in [1.54, 1.807) is 16.4 Å². The van der Waals surface area contributed by atoms with E-state index in [1.165, 1.54) is 11.3 Å². The van der Waals surface area contributed by atoms with Gasteiger partial charge in [-0.15, -0.1) is 11.3 Å². The molecule has 0 bridgehead atoms. The third-order valence-electron chi connectivity index (χ3n) is 5.68. The summed E-state index contributed by atoms with van der Waals surface area (Å²) in [6.45, 7) is 5.74. The van der Waals surface area contributed by atoms with Crippen LogP contribution in [-0.4, -0.2) is 48.6 Å². The summed E-state index contributed by atoms with van der Waals surface area (Å²) >= 11 is 1.30. The van der Waals surface area contributed by atoms with E-state index in [1.807, 2.05) is 11.6 Å². The second-order valence-electron chi connectivity index (χ2n) is 7.56. The molecule has 4 heterocycles. The van der Waals surface area contributed by atoms with Crippen LogP contribution in [0.4, 0.5) is 0 Å². The molecule has 2 saturated heterocycles. The summed E-state index contributed by atoms with van der Waals surface area (Å²) in [6, 6.07) is 3.50. The molecular formula is C19H27N3O3S2. The molecule has 2 aromatic heterocycles. The first-order valence-electron chi connectivity index (χ1n) is 9.69. The smallest absolute Gasteiger partial charge is 0.252 e. The normalized spacial score (nSPS) is 22.9. The summed E-state index contributed by atoms with van der Waals surface area (Å²) in [5, 5.41) is 1.82. The Kier molecular flexibility index (Phi) is 5.68. The van der Waals surface area contributed by atoms with Crippen molar-refractivity contribution in [3.05, 3.63) is 35.2 Å². The van der Waals surface area contributed by atoms with Gasteiger partial charge in [0, 0.05) is 50.7 Å². The average Bonchev–Trinajstić information content (AvgIpc) is 3.34. The van der Waals surface area contributed by atoms with Crippen LogP contribution in [0.3, 0.4) is 0 Å². The maximum atomic E-state index is 12.9. The van der Waals surface area contributed by atoms with Gasteiger partial charge in [-0.05, 0) is 50.0 Å². The first-order chi connectivity index (χ1) is 13.1. The highest BCUT2D eigenvalue weighted by molar-refractivity contribution is 7.91. The molecule has 2 aliphatic rings. The lowest BCUT2D eigenvalue weighted by molar-refractivity contribution is 0.0824. The Labute approximate surface area is 165 Å². The van der Waals surface area contributed by atoms with Crippen molar-refractivity contribution in [1.82, 2.24) is 13.9 Å². The van der Waals surface area contributed by atoms with Crippen molar-refractivity contribution in [3.63, 3.8) is 0 Å². The van der Waals surface area contributed by atoms with E-state index >= 15 is 0 Å². The Hall–Kier alpha value is -1.22. The zero-order valence-electron chi connectivity index (χ0n) is 15.7. The quantitative estimate of drug-likeness (QED) is 0.760. The molecule has 27 heavy (non-hydrogen) atoms. The van der Waals surface area contributed by atoms with Crippen molar-refractivity contribution in [2.45, 2.75) is 49.3 Å². The van der Waals surface area contributed by atoms with Crippen LogP contribution in [0.2, 0.25) is 0 Å². The number of hydrogen-bond acceptors (Lipinski definition) is 5. The van der Waals surface area contributed by atoms with E-state index in [9.17, 15) is 8.42 Å². The molecule has 1 unspecified atom stereocenters. The van der Waals surface area contributed by atoms with Gasteiger partial charge in [0.25, 0.3) is 10.0 Å². The fraction of sp³-hybridized carbons (Fsp3) is 0.632. The summed E-state index contributed by atoms with van der Waals surface area (Å²) in [5.41, 5.74) is 1.16. The fourth-order valence-electron chi connectivity index (χ4n) is 4.19. The molecular weight excluding hydrogens is 382 g/mol. The van der Waals surface area contributed by atoms with Crippen LogP contribution in [0.25, 0.3) is 0 Å². The van der Waals surface area contributed by atoms with Gasteiger partial charge in [-0.1, -0.05) is 6.07 Å². The number of imidazole rings is 1. The fourth-order valence-corrected chi connectivity index (χ4v) is 6.89. The Morgan fingerprint density at radius 1 is 1.30 bits per heavy atom. The van der Waals surface area contributed by atoms with Crippen LogP contribution < -0.4 is 0 Å². The number of sulfonamides is 1. The molecule has 148 valence electrons. The number of aryl methyl sites for hydroxylation is 1. The Bertz CT molecular complexity index is 855. The lowest BCUT2D eigenvalue weighted by atomic mass is 9.97. The monoisotopic (exact) mass is 409 g/mol. The highest BCUT2D eigenvalue weighted by Crippen LogP contribution is 2.30. The van der Waals surface area contributed by atoms with Crippen molar-refractivity contribution < 1.29 is 13.2 Å². The molecule has 0 saturated carbocycles. The Morgan fingerprint density at radius 3 is 2.85 bits per heavy atom. The maximum absolute atomic E-state index is 12.9. The van der Waals surface area contributed by atoms with Crippen LogP contribution >= 0.6 is 11.3 Å². The first kappa shape index (κ1) is 19.1. The van der Waals surface area contributed by atoms with Crippen LogP contribution in [-0.2, 0) is 21.3 Å². The summed E-state index contributed by atoms with van der Waals surface area (Å²) in [6.07, 6.45) is 5.95. The summed E-state index contributed by atoms with van der Waals surface area (Å²) < 4.78 is 35.7. The molecule has 6 nitrogen and oxygen atoms in total. The van der Waals surface area contributed by atoms with Crippen LogP contribution in [0.1, 0.15) is 43.1 Å². The van der Waals surface area contributed by atoms with Crippen molar-refractivity contribution in [1.29, 1.82) is 0 Å². The van der Waals surface area contributed by atoms with Gasteiger partial charge in [-0.2, -0.15) is 4.31 Å². The zero-order chi connectivity index (χ0) is 18.9. The zero-order valence-corrected chi connectivity index (χ0v) is 17.3.